The van der Waals surface area contributed by atoms with Crippen LogP contribution < -0.4 is 10.1 Å². The first-order valence-electron chi connectivity index (χ1n) is 7.73. The van der Waals surface area contributed by atoms with Gasteiger partial charge in [0.1, 0.15) is 5.75 Å². The van der Waals surface area contributed by atoms with E-state index in [1.807, 2.05) is 36.5 Å². The standard InChI is InChI=1S/C19H21N3O/c1-14(15-8-10-18(23-2)11-9-15)20-12-17-13-21-22-19(17)16-6-4-3-5-7-16/h3-11,13-14,20H,12H2,1-2H3,(H,21,22)/t14-/m1/s1. The van der Waals surface area contributed by atoms with Crippen LogP contribution in [0, 0.1) is 0 Å². The van der Waals surface area contributed by atoms with Crippen molar-refractivity contribution in [1.82, 2.24) is 15.5 Å². The molecule has 4 nitrogen and oxygen atoms in total. The Hall–Kier alpha value is -2.59. The predicted molar refractivity (Wildman–Crippen MR) is 92.3 cm³/mol. The van der Waals surface area contributed by atoms with E-state index in [2.05, 4.69) is 46.7 Å². The van der Waals surface area contributed by atoms with E-state index in [9.17, 15) is 0 Å². The maximum absolute atomic E-state index is 5.20. The molecule has 2 N–H and O–H groups in total. The third kappa shape index (κ3) is 3.60. The van der Waals surface area contributed by atoms with Gasteiger partial charge in [-0.2, -0.15) is 5.10 Å². The molecule has 0 radical (unpaired) electrons. The number of aromatic nitrogens is 2. The molecule has 0 aliphatic heterocycles. The maximum atomic E-state index is 5.20. The number of H-pyrrole nitrogens is 1. The molecule has 1 heterocycles. The Labute approximate surface area is 136 Å². The van der Waals surface area contributed by atoms with Crippen molar-refractivity contribution in [2.24, 2.45) is 0 Å². The fourth-order valence-corrected chi connectivity index (χ4v) is 2.57. The number of benzene rings is 2. The lowest BCUT2D eigenvalue weighted by atomic mass is 10.1. The van der Waals surface area contributed by atoms with Crippen LogP contribution in [-0.2, 0) is 6.54 Å². The molecule has 3 rings (SSSR count). The number of nitrogens with zero attached hydrogens (tertiary/aromatic N) is 1. The van der Waals surface area contributed by atoms with Crippen molar-refractivity contribution in [1.29, 1.82) is 0 Å². The molecule has 0 spiro atoms. The molecule has 3 aromatic rings. The molecule has 0 unspecified atom stereocenters. The van der Waals surface area contributed by atoms with Gasteiger partial charge in [0, 0.05) is 18.2 Å². The van der Waals surface area contributed by atoms with Crippen molar-refractivity contribution in [2.75, 3.05) is 7.11 Å². The van der Waals surface area contributed by atoms with Gasteiger partial charge in [0.05, 0.1) is 19.0 Å². The zero-order valence-electron chi connectivity index (χ0n) is 13.4. The van der Waals surface area contributed by atoms with Crippen LogP contribution in [-0.4, -0.2) is 17.3 Å². The Morgan fingerprint density at radius 1 is 1.09 bits per heavy atom. The van der Waals surface area contributed by atoms with Gasteiger partial charge < -0.3 is 10.1 Å². The summed E-state index contributed by atoms with van der Waals surface area (Å²) in [6.45, 7) is 2.91. The normalized spacial score (nSPS) is 12.1. The fourth-order valence-electron chi connectivity index (χ4n) is 2.57. The van der Waals surface area contributed by atoms with E-state index in [-0.39, 0.29) is 6.04 Å². The van der Waals surface area contributed by atoms with Gasteiger partial charge in [0.25, 0.3) is 0 Å². The molecule has 0 saturated carbocycles. The monoisotopic (exact) mass is 307 g/mol. The summed E-state index contributed by atoms with van der Waals surface area (Å²) in [7, 11) is 1.68. The van der Waals surface area contributed by atoms with Crippen LogP contribution >= 0.6 is 0 Å². The zero-order valence-corrected chi connectivity index (χ0v) is 13.4. The molecule has 1 atom stereocenters. The molecule has 0 amide bonds. The third-order valence-corrected chi connectivity index (χ3v) is 3.99. The summed E-state index contributed by atoms with van der Waals surface area (Å²) in [6.07, 6.45) is 1.88. The van der Waals surface area contributed by atoms with Crippen molar-refractivity contribution < 1.29 is 4.74 Å². The van der Waals surface area contributed by atoms with E-state index >= 15 is 0 Å². The Kier molecular flexibility index (Phi) is 4.74. The van der Waals surface area contributed by atoms with Gasteiger partial charge >= 0.3 is 0 Å². The summed E-state index contributed by atoms with van der Waals surface area (Å²) in [5.74, 6) is 0.877. The molecule has 0 aliphatic carbocycles. The first-order valence-corrected chi connectivity index (χ1v) is 7.73. The van der Waals surface area contributed by atoms with Crippen LogP contribution in [0.15, 0.2) is 60.8 Å². The van der Waals surface area contributed by atoms with E-state index in [1.165, 1.54) is 5.56 Å². The van der Waals surface area contributed by atoms with Gasteiger partial charge in [-0.05, 0) is 30.2 Å². The van der Waals surface area contributed by atoms with Crippen LogP contribution in [0.2, 0.25) is 0 Å². The average molecular weight is 307 g/mol. The highest BCUT2D eigenvalue weighted by atomic mass is 16.5. The Balaban J connectivity index is 1.68. The molecular weight excluding hydrogens is 286 g/mol. The van der Waals surface area contributed by atoms with Gasteiger partial charge in [-0.3, -0.25) is 5.10 Å². The molecule has 1 aromatic heterocycles. The van der Waals surface area contributed by atoms with E-state index < -0.39 is 0 Å². The number of rotatable bonds is 6. The third-order valence-electron chi connectivity index (χ3n) is 3.99. The second-order valence-electron chi connectivity index (χ2n) is 5.51. The summed E-state index contributed by atoms with van der Waals surface area (Å²) in [5, 5.41) is 10.8. The summed E-state index contributed by atoms with van der Waals surface area (Å²) in [5.41, 5.74) is 4.62. The molecule has 23 heavy (non-hydrogen) atoms. The predicted octanol–water partition coefficient (Wildman–Crippen LogP) is 3.94. The van der Waals surface area contributed by atoms with Crippen LogP contribution in [0.4, 0.5) is 0 Å². The van der Waals surface area contributed by atoms with Gasteiger partial charge in [0.15, 0.2) is 0 Å². The van der Waals surface area contributed by atoms with Gasteiger partial charge in [-0.1, -0.05) is 42.5 Å². The average Bonchev–Trinajstić information content (AvgIpc) is 3.09. The molecular formula is C19H21N3O. The minimum Gasteiger partial charge on any atom is -0.497 e. The molecule has 4 heteroatoms. The van der Waals surface area contributed by atoms with Gasteiger partial charge in [-0.15, -0.1) is 0 Å². The number of ether oxygens (including phenoxy) is 1. The smallest absolute Gasteiger partial charge is 0.118 e. The highest BCUT2D eigenvalue weighted by Gasteiger charge is 2.10. The van der Waals surface area contributed by atoms with E-state index in [1.54, 1.807) is 7.11 Å². The molecule has 2 aromatic carbocycles. The van der Waals surface area contributed by atoms with Crippen LogP contribution in [0.5, 0.6) is 5.75 Å². The Morgan fingerprint density at radius 3 is 2.52 bits per heavy atom. The van der Waals surface area contributed by atoms with Crippen molar-refractivity contribution in [3.05, 3.63) is 71.9 Å². The van der Waals surface area contributed by atoms with Crippen molar-refractivity contribution >= 4 is 0 Å². The summed E-state index contributed by atoms with van der Waals surface area (Å²) >= 11 is 0. The molecule has 0 saturated heterocycles. The van der Waals surface area contributed by atoms with E-state index in [0.29, 0.717) is 0 Å². The van der Waals surface area contributed by atoms with Crippen molar-refractivity contribution in [2.45, 2.75) is 19.5 Å². The first kappa shape index (κ1) is 15.3. The van der Waals surface area contributed by atoms with E-state index in [0.717, 1.165) is 29.1 Å². The number of methoxy groups -OCH3 is 1. The molecule has 0 fully saturated rings. The lowest BCUT2D eigenvalue weighted by Gasteiger charge is -2.15. The second kappa shape index (κ2) is 7.11. The number of hydrogen-bond acceptors (Lipinski definition) is 3. The largest absolute Gasteiger partial charge is 0.497 e. The quantitative estimate of drug-likeness (QED) is 0.725. The van der Waals surface area contributed by atoms with Crippen LogP contribution in [0.1, 0.15) is 24.1 Å². The SMILES string of the molecule is COc1ccc([C@@H](C)NCc2cn[nH]c2-c2ccccc2)cc1. The maximum Gasteiger partial charge on any atom is 0.118 e. The minimum atomic E-state index is 0.249. The molecule has 118 valence electrons. The van der Waals surface area contributed by atoms with E-state index in [4.69, 9.17) is 4.74 Å². The zero-order chi connectivity index (χ0) is 16.1. The van der Waals surface area contributed by atoms with Gasteiger partial charge in [0.2, 0.25) is 0 Å². The Bertz CT molecular complexity index is 735. The number of nitrogens with one attached hydrogen (secondary N) is 2. The topological polar surface area (TPSA) is 49.9 Å². The second-order valence-corrected chi connectivity index (χ2v) is 5.51. The number of aromatic amines is 1. The summed E-state index contributed by atoms with van der Waals surface area (Å²) < 4.78 is 5.20. The summed E-state index contributed by atoms with van der Waals surface area (Å²) in [6, 6.07) is 18.7. The van der Waals surface area contributed by atoms with Gasteiger partial charge in [-0.25, -0.2) is 0 Å². The lowest BCUT2D eigenvalue weighted by molar-refractivity contribution is 0.414. The Morgan fingerprint density at radius 2 is 1.83 bits per heavy atom. The minimum absolute atomic E-state index is 0.249. The fraction of sp³-hybridized carbons (Fsp3) is 0.211. The molecule has 0 bridgehead atoms. The number of hydrogen-bond donors (Lipinski definition) is 2. The van der Waals surface area contributed by atoms with Crippen LogP contribution in [0.25, 0.3) is 11.3 Å². The van der Waals surface area contributed by atoms with Crippen LogP contribution in [0.3, 0.4) is 0 Å². The lowest BCUT2D eigenvalue weighted by Crippen LogP contribution is -2.18. The van der Waals surface area contributed by atoms with Crippen molar-refractivity contribution in [3.8, 4) is 17.0 Å². The molecule has 0 aliphatic rings. The van der Waals surface area contributed by atoms with Crippen molar-refractivity contribution in [3.63, 3.8) is 0 Å². The highest BCUT2D eigenvalue weighted by molar-refractivity contribution is 5.62. The summed E-state index contributed by atoms with van der Waals surface area (Å²) in [4.78, 5) is 0. The highest BCUT2D eigenvalue weighted by Crippen LogP contribution is 2.22. The first-order chi connectivity index (χ1) is 11.3.